The Morgan fingerprint density at radius 2 is 1.59 bits per heavy atom. The molecule has 10 heteroatoms. The molecule has 7 nitrogen and oxygen atoms in total. The highest BCUT2D eigenvalue weighted by atomic mass is 19.4. The van der Waals surface area contributed by atoms with Gasteiger partial charge in [0.2, 0.25) is 0 Å². The van der Waals surface area contributed by atoms with Gasteiger partial charge in [-0.2, -0.15) is 0 Å². The zero-order valence-electron chi connectivity index (χ0n) is 16.1. The molecule has 0 bridgehead atoms. The fourth-order valence-corrected chi connectivity index (χ4v) is 3.02. The lowest BCUT2D eigenvalue weighted by Gasteiger charge is -2.26. The van der Waals surface area contributed by atoms with Crippen LogP contribution in [0.4, 0.5) is 23.7 Å². The first-order valence-corrected chi connectivity index (χ1v) is 9.14. The number of carbonyl (C=O) groups is 3. The topological polar surface area (TPSA) is 88.9 Å². The minimum Gasteiger partial charge on any atom is -0.457 e. The molecule has 1 aliphatic rings. The Bertz CT molecular complexity index is 1210. The van der Waals surface area contributed by atoms with Crippen molar-refractivity contribution in [1.29, 1.82) is 0 Å². The second-order valence-electron chi connectivity index (χ2n) is 6.57. The van der Waals surface area contributed by atoms with Crippen LogP contribution in [-0.2, 0) is 9.59 Å². The van der Waals surface area contributed by atoms with Crippen LogP contribution in [0.1, 0.15) is 5.76 Å². The average Bonchev–Trinajstić information content (AvgIpc) is 3.20. The summed E-state index contributed by atoms with van der Waals surface area (Å²) in [7, 11) is 0. The van der Waals surface area contributed by atoms with E-state index in [0.29, 0.717) is 5.56 Å². The zero-order chi connectivity index (χ0) is 22.9. The largest absolute Gasteiger partial charge is 0.573 e. The number of rotatable bonds is 4. The lowest BCUT2D eigenvalue weighted by molar-refractivity contribution is -0.274. The third-order valence-corrected chi connectivity index (χ3v) is 4.40. The number of hydrogen-bond acceptors (Lipinski definition) is 5. The molecule has 2 aromatic carbocycles. The minimum absolute atomic E-state index is 0.136. The number of alkyl halides is 3. The van der Waals surface area contributed by atoms with Gasteiger partial charge in [0, 0.05) is 5.56 Å². The van der Waals surface area contributed by atoms with Crippen LogP contribution in [0.25, 0.3) is 17.4 Å². The van der Waals surface area contributed by atoms with E-state index in [0.717, 1.165) is 17.0 Å². The number of para-hydroxylation sites is 1. The van der Waals surface area contributed by atoms with Crippen LogP contribution in [-0.4, -0.2) is 24.2 Å². The zero-order valence-corrected chi connectivity index (χ0v) is 16.1. The van der Waals surface area contributed by atoms with E-state index in [2.05, 4.69) is 10.1 Å². The Balaban J connectivity index is 1.58. The fourth-order valence-electron chi connectivity index (χ4n) is 3.02. The summed E-state index contributed by atoms with van der Waals surface area (Å²) < 4.78 is 46.3. The predicted molar refractivity (Wildman–Crippen MR) is 106 cm³/mol. The van der Waals surface area contributed by atoms with Crippen LogP contribution in [0.5, 0.6) is 5.75 Å². The molecule has 1 fully saturated rings. The third kappa shape index (κ3) is 4.38. The number of urea groups is 1. The molecule has 0 unspecified atom stereocenters. The van der Waals surface area contributed by atoms with E-state index in [4.69, 9.17) is 4.42 Å². The van der Waals surface area contributed by atoms with Gasteiger partial charge in [-0.1, -0.05) is 18.2 Å². The molecular formula is C22H13F3N2O5. The van der Waals surface area contributed by atoms with Gasteiger partial charge in [0.1, 0.15) is 22.8 Å². The third-order valence-electron chi connectivity index (χ3n) is 4.40. The van der Waals surface area contributed by atoms with Gasteiger partial charge in [0.15, 0.2) is 0 Å². The number of carbonyl (C=O) groups excluding carboxylic acids is 3. The van der Waals surface area contributed by atoms with Crippen molar-refractivity contribution in [2.24, 2.45) is 0 Å². The van der Waals surface area contributed by atoms with Gasteiger partial charge in [0.05, 0.1) is 5.69 Å². The number of imide groups is 2. The van der Waals surface area contributed by atoms with Crippen LogP contribution >= 0.6 is 0 Å². The number of anilines is 1. The number of halogens is 3. The molecule has 0 aliphatic carbocycles. The van der Waals surface area contributed by atoms with Crippen molar-refractivity contribution in [1.82, 2.24) is 5.32 Å². The number of amides is 4. The quantitative estimate of drug-likeness (QED) is 0.474. The molecule has 2 heterocycles. The van der Waals surface area contributed by atoms with Gasteiger partial charge in [-0.15, -0.1) is 13.2 Å². The SMILES string of the molecule is O=C1NC(=O)N(c2ccccc2)C(=O)/C1=C/c1ccc(-c2ccc(OC(F)(F)F)cc2)o1. The number of nitrogens with zero attached hydrogens (tertiary/aromatic N) is 1. The maximum Gasteiger partial charge on any atom is 0.573 e. The summed E-state index contributed by atoms with van der Waals surface area (Å²) in [5, 5.41) is 2.10. The van der Waals surface area contributed by atoms with E-state index in [-0.39, 0.29) is 28.5 Å². The van der Waals surface area contributed by atoms with Gasteiger partial charge >= 0.3 is 12.4 Å². The summed E-state index contributed by atoms with van der Waals surface area (Å²) in [6, 6.07) is 15.2. The van der Waals surface area contributed by atoms with Crippen LogP contribution in [0.2, 0.25) is 0 Å². The summed E-state index contributed by atoms with van der Waals surface area (Å²) in [4.78, 5) is 38.0. The molecule has 1 aromatic heterocycles. The van der Waals surface area contributed by atoms with Crippen molar-refractivity contribution in [3.63, 3.8) is 0 Å². The van der Waals surface area contributed by atoms with E-state index in [1.807, 2.05) is 0 Å². The average molecular weight is 442 g/mol. The van der Waals surface area contributed by atoms with Gasteiger partial charge < -0.3 is 9.15 Å². The Hall–Kier alpha value is -4.34. The predicted octanol–water partition coefficient (Wildman–Crippen LogP) is 4.51. The van der Waals surface area contributed by atoms with Crippen molar-refractivity contribution >= 4 is 29.6 Å². The molecular weight excluding hydrogens is 429 g/mol. The van der Waals surface area contributed by atoms with Crippen LogP contribution < -0.4 is 15.0 Å². The molecule has 3 aromatic rings. The molecule has 1 aliphatic heterocycles. The lowest BCUT2D eigenvalue weighted by Crippen LogP contribution is -2.54. The molecule has 1 saturated heterocycles. The maximum atomic E-state index is 12.8. The smallest absolute Gasteiger partial charge is 0.457 e. The number of barbiturate groups is 1. The summed E-state index contributed by atoms with van der Waals surface area (Å²) in [6.45, 7) is 0. The highest BCUT2D eigenvalue weighted by Crippen LogP contribution is 2.29. The molecule has 32 heavy (non-hydrogen) atoms. The van der Waals surface area contributed by atoms with Gasteiger partial charge in [-0.05, 0) is 54.6 Å². The van der Waals surface area contributed by atoms with Crippen LogP contribution in [0.3, 0.4) is 0 Å². The number of ether oxygens (including phenoxy) is 1. The van der Waals surface area contributed by atoms with Crippen molar-refractivity contribution in [2.75, 3.05) is 4.90 Å². The molecule has 4 amide bonds. The summed E-state index contributed by atoms with van der Waals surface area (Å²) >= 11 is 0. The van der Waals surface area contributed by atoms with E-state index in [9.17, 15) is 27.6 Å². The van der Waals surface area contributed by atoms with Crippen molar-refractivity contribution in [3.8, 4) is 17.1 Å². The second kappa shape index (κ2) is 8.06. The summed E-state index contributed by atoms with van der Waals surface area (Å²) in [5.74, 6) is -1.66. The fraction of sp³-hybridized carbons (Fsp3) is 0.0455. The van der Waals surface area contributed by atoms with Crippen molar-refractivity contribution in [2.45, 2.75) is 6.36 Å². The Kier molecular flexibility index (Phi) is 5.27. The Morgan fingerprint density at radius 1 is 0.906 bits per heavy atom. The first-order valence-electron chi connectivity index (χ1n) is 9.14. The number of hydrogen-bond donors (Lipinski definition) is 1. The molecule has 0 spiro atoms. The molecule has 4 rings (SSSR count). The summed E-state index contributed by atoms with van der Waals surface area (Å²) in [6.07, 6.45) is -3.61. The van der Waals surface area contributed by atoms with Crippen molar-refractivity contribution < 1.29 is 36.7 Å². The standard InChI is InChI=1S/C22H13F3N2O5/c23-22(24,25)32-15-8-6-13(7-9-15)18-11-10-16(31-18)12-17-19(28)26-21(30)27(20(17)29)14-4-2-1-3-5-14/h1-12H,(H,26,28,30)/b17-12+. The van der Waals surface area contributed by atoms with Crippen LogP contribution in [0, 0.1) is 0 Å². The number of furan rings is 1. The highest BCUT2D eigenvalue weighted by molar-refractivity contribution is 6.39. The van der Waals surface area contributed by atoms with E-state index in [1.54, 1.807) is 30.3 Å². The number of nitrogens with one attached hydrogen (secondary N) is 1. The lowest BCUT2D eigenvalue weighted by atomic mass is 10.1. The normalized spacial score (nSPS) is 15.8. The first kappa shape index (κ1) is 20.9. The Morgan fingerprint density at radius 3 is 2.25 bits per heavy atom. The summed E-state index contributed by atoms with van der Waals surface area (Å²) in [5.41, 5.74) is 0.419. The molecule has 0 saturated carbocycles. The maximum absolute atomic E-state index is 12.8. The minimum atomic E-state index is -4.80. The monoisotopic (exact) mass is 442 g/mol. The molecule has 1 N–H and O–H groups in total. The van der Waals surface area contributed by atoms with E-state index >= 15 is 0 Å². The molecule has 0 atom stereocenters. The van der Waals surface area contributed by atoms with Crippen LogP contribution in [0.15, 0.2) is 76.7 Å². The second-order valence-corrected chi connectivity index (χ2v) is 6.57. The van der Waals surface area contributed by atoms with Gasteiger partial charge in [-0.25, -0.2) is 9.69 Å². The highest BCUT2D eigenvalue weighted by Gasteiger charge is 2.37. The molecule has 0 radical (unpaired) electrons. The van der Waals surface area contributed by atoms with E-state index in [1.165, 1.54) is 30.3 Å². The molecule has 162 valence electrons. The van der Waals surface area contributed by atoms with Crippen molar-refractivity contribution in [3.05, 3.63) is 78.1 Å². The van der Waals surface area contributed by atoms with Gasteiger partial charge in [-0.3, -0.25) is 14.9 Å². The number of benzene rings is 2. The van der Waals surface area contributed by atoms with E-state index < -0.39 is 24.2 Å². The van der Waals surface area contributed by atoms with Gasteiger partial charge in [0.25, 0.3) is 11.8 Å². The first-order chi connectivity index (χ1) is 15.2. The Labute approximate surface area is 178 Å².